The number of hydrogen-bond donors (Lipinski definition) is 1. The number of para-hydroxylation sites is 1. The van der Waals surface area contributed by atoms with Crippen LogP contribution in [-0.2, 0) is 0 Å². The molecule has 6 rings (SSSR count). The zero-order valence-corrected chi connectivity index (χ0v) is 22.9. The quantitative estimate of drug-likeness (QED) is 0.319. The molecule has 0 amide bonds. The van der Waals surface area contributed by atoms with E-state index in [1.807, 2.05) is 25.1 Å². The molecule has 0 bridgehead atoms. The molecule has 1 aliphatic rings. The number of hydrogen-bond acceptors (Lipinski definition) is 7. The Hall–Kier alpha value is -3.37. The van der Waals surface area contributed by atoms with Crippen LogP contribution in [0.2, 0.25) is 15.1 Å². The number of fused-ring (bicyclic) bond motifs is 3. The number of rotatable bonds is 4. The van der Waals surface area contributed by atoms with Crippen molar-refractivity contribution in [1.29, 1.82) is 0 Å². The molecule has 1 aliphatic heterocycles. The number of aromatic nitrogens is 5. The molecule has 1 fully saturated rings. The molecule has 38 heavy (non-hydrogen) atoms. The molecule has 1 N–H and O–H groups in total. The summed E-state index contributed by atoms with van der Waals surface area (Å²) in [5.41, 5.74) is 3.31. The normalized spacial score (nSPS) is 14.5. The Morgan fingerprint density at radius 3 is 2.39 bits per heavy atom. The van der Waals surface area contributed by atoms with Crippen LogP contribution in [0.25, 0.3) is 22.2 Å². The molecule has 12 heteroatoms. The lowest BCUT2D eigenvalue weighted by Gasteiger charge is -2.34. The molecule has 4 heterocycles. The molecule has 1 saturated heterocycles. The highest BCUT2D eigenvalue weighted by Crippen LogP contribution is 2.31. The van der Waals surface area contributed by atoms with Gasteiger partial charge in [-0.05, 0) is 44.3 Å². The van der Waals surface area contributed by atoms with E-state index in [2.05, 4.69) is 37.1 Å². The van der Waals surface area contributed by atoms with Crippen LogP contribution < -0.4 is 15.8 Å². The van der Waals surface area contributed by atoms with E-state index >= 15 is 0 Å². The summed E-state index contributed by atoms with van der Waals surface area (Å²) in [4.78, 5) is 31.9. The lowest BCUT2D eigenvalue weighted by Crippen LogP contribution is -2.44. The van der Waals surface area contributed by atoms with Gasteiger partial charge in [0.1, 0.15) is 11.2 Å². The van der Waals surface area contributed by atoms with Gasteiger partial charge in [0.2, 0.25) is 5.95 Å². The van der Waals surface area contributed by atoms with Gasteiger partial charge in [-0.1, -0.05) is 40.9 Å². The van der Waals surface area contributed by atoms with Crippen molar-refractivity contribution in [2.24, 2.45) is 0 Å². The van der Waals surface area contributed by atoms with Gasteiger partial charge >= 0.3 is 0 Å². The van der Waals surface area contributed by atoms with E-state index in [9.17, 15) is 4.79 Å². The van der Waals surface area contributed by atoms with Gasteiger partial charge in [0.15, 0.2) is 5.65 Å². The van der Waals surface area contributed by atoms with Crippen molar-refractivity contribution in [3.8, 4) is 5.69 Å². The second-order valence-corrected chi connectivity index (χ2v) is 10.5. The number of anilines is 3. The van der Waals surface area contributed by atoms with E-state index in [-0.39, 0.29) is 10.9 Å². The highest BCUT2D eigenvalue weighted by molar-refractivity contribution is 6.37. The summed E-state index contributed by atoms with van der Waals surface area (Å²) in [5.74, 6) is 0.316. The topological polar surface area (TPSA) is 83.6 Å². The van der Waals surface area contributed by atoms with Gasteiger partial charge in [-0.3, -0.25) is 4.79 Å². The Balaban J connectivity index is 1.41. The standard InChI is InChI=1S/C26H23Cl3N8O/c1-15-14-36-24(31-15)22-17(25(38)37(36)23-18(27)4-3-5-19(23)28)13-30-26(33-22)32-16-6-7-21(20(29)12-16)35-10-8-34(2)9-11-35/h3-7,12-14H,8-11H2,1-2H3,(H,30,32,33). The molecule has 0 saturated carbocycles. The molecule has 0 radical (unpaired) electrons. The monoisotopic (exact) mass is 568 g/mol. The summed E-state index contributed by atoms with van der Waals surface area (Å²) in [6.07, 6.45) is 3.22. The predicted molar refractivity (Wildman–Crippen MR) is 153 cm³/mol. The van der Waals surface area contributed by atoms with E-state index in [0.29, 0.717) is 43.6 Å². The van der Waals surface area contributed by atoms with Crippen LogP contribution >= 0.6 is 34.8 Å². The first-order valence-electron chi connectivity index (χ1n) is 12.0. The average molecular weight is 570 g/mol. The van der Waals surface area contributed by atoms with Gasteiger partial charge < -0.3 is 15.1 Å². The Bertz CT molecular complexity index is 1740. The van der Waals surface area contributed by atoms with Gasteiger partial charge in [-0.25, -0.2) is 24.1 Å². The van der Waals surface area contributed by atoms with Gasteiger partial charge in [-0.2, -0.15) is 0 Å². The molecule has 0 spiro atoms. The van der Waals surface area contributed by atoms with Crippen LogP contribution in [0, 0.1) is 6.92 Å². The summed E-state index contributed by atoms with van der Waals surface area (Å²) >= 11 is 19.6. The van der Waals surface area contributed by atoms with E-state index < -0.39 is 0 Å². The first-order valence-corrected chi connectivity index (χ1v) is 13.2. The van der Waals surface area contributed by atoms with Gasteiger partial charge in [-0.15, -0.1) is 0 Å². The van der Waals surface area contributed by atoms with Crippen LogP contribution in [-0.4, -0.2) is 62.3 Å². The number of likely N-dealkylation sites (N-methyl/N-ethyl adjacent to an activating group) is 1. The molecule has 0 unspecified atom stereocenters. The molecule has 9 nitrogen and oxygen atoms in total. The second kappa shape index (κ2) is 9.74. The number of halogens is 3. The minimum Gasteiger partial charge on any atom is -0.368 e. The van der Waals surface area contributed by atoms with Crippen LogP contribution in [0.4, 0.5) is 17.3 Å². The van der Waals surface area contributed by atoms with Crippen LogP contribution in [0.15, 0.2) is 53.6 Å². The fraction of sp³-hybridized carbons (Fsp3) is 0.231. The minimum absolute atomic E-state index is 0.285. The molecule has 2 aromatic carbocycles. The van der Waals surface area contributed by atoms with Crippen molar-refractivity contribution in [3.63, 3.8) is 0 Å². The molecule has 0 atom stereocenters. The number of nitrogens with one attached hydrogen (secondary N) is 1. The number of aryl methyl sites for hydroxylation is 1. The molecule has 3 aromatic heterocycles. The molecule has 5 aromatic rings. The van der Waals surface area contributed by atoms with E-state index in [4.69, 9.17) is 34.8 Å². The van der Waals surface area contributed by atoms with Crippen molar-refractivity contribution in [2.45, 2.75) is 6.92 Å². The van der Waals surface area contributed by atoms with E-state index in [1.165, 1.54) is 10.9 Å². The molecule has 194 valence electrons. The molecule has 0 aliphatic carbocycles. The maximum Gasteiger partial charge on any atom is 0.281 e. The van der Waals surface area contributed by atoms with Crippen LogP contribution in [0.5, 0.6) is 0 Å². The Morgan fingerprint density at radius 2 is 1.68 bits per heavy atom. The highest BCUT2D eigenvalue weighted by atomic mass is 35.5. The summed E-state index contributed by atoms with van der Waals surface area (Å²) in [6, 6.07) is 10.9. The summed E-state index contributed by atoms with van der Waals surface area (Å²) in [6.45, 7) is 5.67. The van der Waals surface area contributed by atoms with Crippen molar-refractivity contribution in [1.82, 2.24) is 29.0 Å². The lowest BCUT2D eigenvalue weighted by atomic mass is 10.2. The van der Waals surface area contributed by atoms with Gasteiger partial charge in [0.25, 0.3) is 5.56 Å². The first kappa shape index (κ1) is 24.9. The lowest BCUT2D eigenvalue weighted by molar-refractivity contribution is 0.313. The molecular formula is C26H23Cl3N8O. The van der Waals surface area contributed by atoms with Crippen LogP contribution in [0.3, 0.4) is 0 Å². The van der Waals surface area contributed by atoms with Crippen LogP contribution in [0.1, 0.15) is 5.69 Å². The van der Waals surface area contributed by atoms with E-state index in [0.717, 1.165) is 37.6 Å². The third-order valence-electron chi connectivity index (χ3n) is 6.64. The molecular weight excluding hydrogens is 547 g/mol. The smallest absolute Gasteiger partial charge is 0.281 e. The third kappa shape index (κ3) is 4.35. The Kier molecular flexibility index (Phi) is 6.39. The average Bonchev–Trinajstić information content (AvgIpc) is 3.28. The van der Waals surface area contributed by atoms with Gasteiger partial charge in [0, 0.05) is 38.1 Å². The number of nitrogens with zero attached hydrogens (tertiary/aromatic N) is 7. The maximum atomic E-state index is 13.7. The first-order chi connectivity index (χ1) is 18.3. The predicted octanol–water partition coefficient (Wildman–Crippen LogP) is 5.19. The largest absolute Gasteiger partial charge is 0.368 e. The maximum absolute atomic E-state index is 13.7. The summed E-state index contributed by atoms with van der Waals surface area (Å²) < 4.78 is 3.02. The zero-order valence-electron chi connectivity index (χ0n) is 20.6. The fourth-order valence-corrected chi connectivity index (χ4v) is 5.56. The van der Waals surface area contributed by atoms with Gasteiger partial charge in [0.05, 0.1) is 38.0 Å². The third-order valence-corrected chi connectivity index (χ3v) is 7.56. The Morgan fingerprint density at radius 1 is 0.947 bits per heavy atom. The van der Waals surface area contributed by atoms with E-state index in [1.54, 1.807) is 28.9 Å². The highest BCUT2D eigenvalue weighted by Gasteiger charge is 2.20. The van der Waals surface area contributed by atoms with Crippen molar-refractivity contribution < 1.29 is 0 Å². The second-order valence-electron chi connectivity index (χ2n) is 9.28. The summed E-state index contributed by atoms with van der Waals surface area (Å²) in [7, 11) is 2.12. The zero-order chi connectivity index (χ0) is 26.6. The van der Waals surface area contributed by atoms with Crippen molar-refractivity contribution in [3.05, 3.63) is 79.9 Å². The number of benzene rings is 2. The SMILES string of the molecule is Cc1cn2c(n1)c1nc(Nc3ccc(N4CCN(C)CC4)c(Cl)c3)ncc1c(=O)n2-c1c(Cl)cccc1Cl. The van der Waals surface area contributed by atoms with Crippen molar-refractivity contribution in [2.75, 3.05) is 43.4 Å². The van der Waals surface area contributed by atoms with Crippen molar-refractivity contribution >= 4 is 68.7 Å². The summed E-state index contributed by atoms with van der Waals surface area (Å²) in [5, 5.41) is 4.81. The number of piperazine rings is 1. The Labute approximate surface area is 233 Å². The fourth-order valence-electron chi connectivity index (χ4n) is 4.70. The minimum atomic E-state index is -0.369. The number of imidazole rings is 1.